The van der Waals surface area contributed by atoms with E-state index in [2.05, 4.69) is 27.7 Å². The van der Waals surface area contributed by atoms with E-state index in [9.17, 15) is 5.11 Å². The molecular formula is C12H24OS. The maximum absolute atomic E-state index is 10.6. The van der Waals surface area contributed by atoms with Gasteiger partial charge in [-0.25, -0.2) is 0 Å². The number of hydrogen-bond donors (Lipinski definition) is 1. The topological polar surface area (TPSA) is 20.2 Å². The summed E-state index contributed by atoms with van der Waals surface area (Å²) in [5.41, 5.74) is -0.109. The first-order valence-electron chi connectivity index (χ1n) is 5.70. The van der Waals surface area contributed by atoms with E-state index < -0.39 is 5.60 Å². The minimum absolute atomic E-state index is 0.305. The third-order valence-corrected chi connectivity index (χ3v) is 4.96. The van der Waals surface area contributed by atoms with Crippen molar-refractivity contribution in [3.63, 3.8) is 0 Å². The fourth-order valence-corrected chi connectivity index (χ4v) is 3.95. The van der Waals surface area contributed by atoms with E-state index in [-0.39, 0.29) is 0 Å². The fourth-order valence-electron chi connectivity index (χ4n) is 2.45. The Morgan fingerprint density at radius 3 is 2.50 bits per heavy atom. The van der Waals surface area contributed by atoms with Crippen LogP contribution in [0, 0.1) is 11.3 Å². The second kappa shape index (κ2) is 4.44. The van der Waals surface area contributed by atoms with Gasteiger partial charge >= 0.3 is 0 Å². The molecule has 0 amide bonds. The molecule has 2 heteroatoms. The fraction of sp³-hybridized carbons (Fsp3) is 1.00. The maximum Gasteiger partial charge on any atom is 0.0768 e. The molecule has 0 aromatic rings. The van der Waals surface area contributed by atoms with Gasteiger partial charge in [0, 0.05) is 5.75 Å². The van der Waals surface area contributed by atoms with Crippen LogP contribution in [0.2, 0.25) is 0 Å². The standard InChI is InChI=1S/C12H24OS/c1-5-6-10(2)12(13)7-11(3,4)8-14-9-12/h10,13H,5-9H2,1-4H3. The zero-order valence-electron chi connectivity index (χ0n) is 9.97. The summed E-state index contributed by atoms with van der Waals surface area (Å²) in [7, 11) is 0. The van der Waals surface area contributed by atoms with Gasteiger partial charge in [0.25, 0.3) is 0 Å². The Kier molecular flexibility index (Phi) is 3.93. The van der Waals surface area contributed by atoms with Gasteiger partial charge in [0.2, 0.25) is 0 Å². The van der Waals surface area contributed by atoms with Crippen LogP contribution in [0.25, 0.3) is 0 Å². The van der Waals surface area contributed by atoms with Gasteiger partial charge in [-0.15, -0.1) is 0 Å². The van der Waals surface area contributed by atoms with Gasteiger partial charge in [-0.1, -0.05) is 34.1 Å². The summed E-state index contributed by atoms with van der Waals surface area (Å²) in [5, 5.41) is 10.6. The van der Waals surface area contributed by atoms with E-state index >= 15 is 0 Å². The van der Waals surface area contributed by atoms with Crippen molar-refractivity contribution in [2.45, 2.75) is 52.6 Å². The maximum atomic E-state index is 10.6. The average Bonchev–Trinajstić information content (AvgIpc) is 2.02. The predicted octanol–water partition coefficient (Wildman–Crippen LogP) is 3.32. The molecule has 1 rings (SSSR count). The molecule has 2 atom stereocenters. The van der Waals surface area contributed by atoms with Gasteiger partial charge in [-0.2, -0.15) is 11.8 Å². The molecule has 0 aromatic heterocycles. The van der Waals surface area contributed by atoms with Gasteiger partial charge in [0.15, 0.2) is 0 Å². The average molecular weight is 216 g/mol. The van der Waals surface area contributed by atoms with Crippen molar-refractivity contribution >= 4 is 11.8 Å². The number of rotatable bonds is 3. The third kappa shape index (κ3) is 2.90. The lowest BCUT2D eigenvalue weighted by Gasteiger charge is -2.44. The monoisotopic (exact) mass is 216 g/mol. The van der Waals surface area contributed by atoms with Crippen LogP contribution in [0.15, 0.2) is 0 Å². The molecule has 0 bridgehead atoms. The molecule has 0 saturated carbocycles. The van der Waals surface area contributed by atoms with Crippen molar-refractivity contribution in [2.75, 3.05) is 11.5 Å². The van der Waals surface area contributed by atoms with Crippen LogP contribution in [0.5, 0.6) is 0 Å². The molecule has 1 heterocycles. The van der Waals surface area contributed by atoms with Crippen molar-refractivity contribution < 1.29 is 5.11 Å². The molecule has 1 aliphatic heterocycles. The molecule has 14 heavy (non-hydrogen) atoms. The zero-order valence-corrected chi connectivity index (χ0v) is 10.8. The first kappa shape index (κ1) is 12.4. The molecular weight excluding hydrogens is 192 g/mol. The van der Waals surface area contributed by atoms with Gasteiger partial charge in [0.05, 0.1) is 5.60 Å². The van der Waals surface area contributed by atoms with E-state index in [4.69, 9.17) is 0 Å². The summed E-state index contributed by atoms with van der Waals surface area (Å²) in [4.78, 5) is 0. The van der Waals surface area contributed by atoms with Crippen molar-refractivity contribution in [3.8, 4) is 0 Å². The van der Waals surface area contributed by atoms with Crippen LogP contribution in [-0.2, 0) is 0 Å². The van der Waals surface area contributed by atoms with Crippen molar-refractivity contribution in [1.29, 1.82) is 0 Å². The zero-order chi connectivity index (χ0) is 10.8. The first-order valence-corrected chi connectivity index (χ1v) is 6.85. The molecule has 0 spiro atoms. The van der Waals surface area contributed by atoms with Crippen LogP contribution in [0.4, 0.5) is 0 Å². The summed E-state index contributed by atoms with van der Waals surface area (Å²) in [5.74, 6) is 2.56. The summed E-state index contributed by atoms with van der Waals surface area (Å²) in [6.45, 7) is 8.93. The minimum Gasteiger partial charge on any atom is -0.389 e. The first-order chi connectivity index (χ1) is 6.40. The normalized spacial score (nSPS) is 34.1. The Labute approximate surface area is 92.7 Å². The second-order valence-electron chi connectivity index (χ2n) is 5.63. The molecule has 1 saturated heterocycles. The lowest BCUT2D eigenvalue weighted by Crippen LogP contribution is -2.47. The van der Waals surface area contributed by atoms with E-state index in [0.717, 1.165) is 18.6 Å². The van der Waals surface area contributed by atoms with Crippen LogP contribution in [-0.4, -0.2) is 22.2 Å². The molecule has 0 aromatic carbocycles. The molecule has 1 N–H and O–H groups in total. The van der Waals surface area contributed by atoms with Crippen LogP contribution in [0.3, 0.4) is 0 Å². The van der Waals surface area contributed by atoms with Gasteiger partial charge < -0.3 is 5.11 Å². The Morgan fingerprint density at radius 2 is 2.00 bits per heavy atom. The van der Waals surface area contributed by atoms with E-state index in [1.54, 1.807) is 0 Å². The van der Waals surface area contributed by atoms with Gasteiger partial charge in [-0.05, 0) is 29.9 Å². The van der Waals surface area contributed by atoms with Crippen molar-refractivity contribution in [1.82, 2.24) is 0 Å². The van der Waals surface area contributed by atoms with Crippen LogP contribution in [0.1, 0.15) is 47.0 Å². The number of aliphatic hydroxyl groups is 1. The summed E-state index contributed by atoms with van der Waals surface area (Å²) in [6.07, 6.45) is 3.29. The minimum atomic E-state index is -0.414. The Bertz CT molecular complexity index is 191. The molecule has 0 aliphatic carbocycles. The van der Waals surface area contributed by atoms with Crippen LogP contribution < -0.4 is 0 Å². The smallest absolute Gasteiger partial charge is 0.0768 e. The Balaban J connectivity index is 2.63. The summed E-state index contributed by atoms with van der Waals surface area (Å²) in [6, 6.07) is 0. The van der Waals surface area contributed by atoms with E-state index in [0.29, 0.717) is 11.3 Å². The highest BCUT2D eigenvalue weighted by Crippen LogP contribution is 2.43. The molecule has 84 valence electrons. The van der Waals surface area contributed by atoms with Gasteiger partial charge in [0.1, 0.15) is 0 Å². The highest BCUT2D eigenvalue weighted by molar-refractivity contribution is 7.99. The van der Waals surface area contributed by atoms with Gasteiger partial charge in [-0.3, -0.25) is 0 Å². The summed E-state index contributed by atoms with van der Waals surface area (Å²) < 4.78 is 0. The second-order valence-corrected chi connectivity index (χ2v) is 6.61. The van der Waals surface area contributed by atoms with E-state index in [1.165, 1.54) is 12.2 Å². The predicted molar refractivity (Wildman–Crippen MR) is 64.7 cm³/mol. The lowest BCUT2D eigenvalue weighted by molar-refractivity contribution is -0.0297. The van der Waals surface area contributed by atoms with Crippen molar-refractivity contribution in [2.24, 2.45) is 11.3 Å². The number of hydrogen-bond acceptors (Lipinski definition) is 2. The molecule has 1 aliphatic rings. The molecule has 1 nitrogen and oxygen atoms in total. The summed E-state index contributed by atoms with van der Waals surface area (Å²) >= 11 is 1.91. The molecule has 0 radical (unpaired) electrons. The highest BCUT2D eigenvalue weighted by atomic mass is 32.2. The molecule has 1 fully saturated rings. The number of thioether (sulfide) groups is 1. The SMILES string of the molecule is CCCC(C)C1(O)CSCC(C)(C)C1. The quantitative estimate of drug-likeness (QED) is 0.781. The van der Waals surface area contributed by atoms with Crippen LogP contribution >= 0.6 is 11.8 Å². The van der Waals surface area contributed by atoms with E-state index in [1.807, 2.05) is 11.8 Å². The van der Waals surface area contributed by atoms with Crippen molar-refractivity contribution in [3.05, 3.63) is 0 Å². The molecule has 2 unspecified atom stereocenters. The largest absolute Gasteiger partial charge is 0.389 e. The highest BCUT2D eigenvalue weighted by Gasteiger charge is 2.42. The Morgan fingerprint density at radius 1 is 1.36 bits per heavy atom. The lowest BCUT2D eigenvalue weighted by atomic mass is 9.75. The third-order valence-electron chi connectivity index (χ3n) is 3.27. The Hall–Kier alpha value is 0.310.